The Balaban J connectivity index is 1.88. The molecule has 0 aliphatic heterocycles. The van der Waals surface area contributed by atoms with Crippen molar-refractivity contribution in [2.45, 2.75) is 10.8 Å². The van der Waals surface area contributed by atoms with E-state index in [1.54, 1.807) is 12.1 Å². The molecule has 5 nitrogen and oxygen atoms in total. The topological polar surface area (TPSA) is 87.0 Å². The molecule has 0 aliphatic carbocycles. The van der Waals surface area contributed by atoms with E-state index in [-0.39, 0.29) is 15.5 Å². The number of nitrogens with one attached hydrogen (secondary N) is 1. The van der Waals surface area contributed by atoms with Crippen molar-refractivity contribution in [3.63, 3.8) is 0 Å². The Morgan fingerprint density at radius 1 is 1.00 bits per heavy atom. The van der Waals surface area contributed by atoms with Crippen molar-refractivity contribution in [2.24, 2.45) is 0 Å². The molecule has 0 fully saturated rings. The SMILES string of the molecule is CS(=O)(=O)c1ccc(Cl)c(C(=O)Nc2ccc(C(C#N)c3ccccc3)c(Cl)c2)c1. The number of anilines is 1. The Bertz CT molecular complexity index is 1250. The fourth-order valence-corrected chi connectivity index (χ4v) is 4.06. The van der Waals surface area contributed by atoms with Crippen LogP contribution in [0.2, 0.25) is 10.0 Å². The smallest absolute Gasteiger partial charge is 0.257 e. The van der Waals surface area contributed by atoms with E-state index in [1.165, 1.54) is 24.3 Å². The molecule has 1 unspecified atom stereocenters. The zero-order valence-electron chi connectivity index (χ0n) is 15.8. The minimum Gasteiger partial charge on any atom is -0.322 e. The first-order valence-corrected chi connectivity index (χ1v) is 11.4. The maximum Gasteiger partial charge on any atom is 0.257 e. The summed E-state index contributed by atoms with van der Waals surface area (Å²) in [7, 11) is -3.49. The van der Waals surface area contributed by atoms with E-state index in [2.05, 4.69) is 11.4 Å². The third-order valence-electron chi connectivity index (χ3n) is 4.44. The predicted octanol–water partition coefficient (Wildman–Crippen LogP) is 5.30. The standard InChI is InChI=1S/C22H16Cl2N2O3S/c1-30(28,29)16-8-10-20(23)18(12-16)22(27)26-15-7-9-17(21(24)11-15)19(13-25)14-5-3-2-4-6-14/h2-12,19H,1H3,(H,26,27). The van der Waals surface area contributed by atoms with Crippen LogP contribution >= 0.6 is 23.2 Å². The molecule has 0 saturated carbocycles. The summed E-state index contributed by atoms with van der Waals surface area (Å²) in [5.74, 6) is -1.13. The molecule has 0 heterocycles. The molecule has 3 aromatic rings. The minimum absolute atomic E-state index is 0.00912. The lowest BCUT2D eigenvalue weighted by molar-refractivity contribution is 0.102. The molecule has 0 bridgehead atoms. The van der Waals surface area contributed by atoms with Gasteiger partial charge in [0.05, 0.1) is 27.5 Å². The van der Waals surface area contributed by atoms with E-state index in [4.69, 9.17) is 23.2 Å². The predicted molar refractivity (Wildman–Crippen MR) is 118 cm³/mol. The number of amides is 1. The number of carbonyl (C=O) groups excluding carboxylic acids is 1. The van der Waals surface area contributed by atoms with Gasteiger partial charge < -0.3 is 5.32 Å². The molecule has 30 heavy (non-hydrogen) atoms. The molecule has 1 amide bonds. The zero-order chi connectivity index (χ0) is 21.9. The Hall–Kier alpha value is -2.85. The van der Waals surface area contributed by atoms with E-state index < -0.39 is 21.7 Å². The van der Waals surface area contributed by atoms with Crippen LogP contribution in [0, 0.1) is 11.3 Å². The van der Waals surface area contributed by atoms with E-state index in [1.807, 2.05) is 30.3 Å². The number of halogens is 2. The van der Waals surface area contributed by atoms with Gasteiger partial charge in [-0.2, -0.15) is 5.26 Å². The van der Waals surface area contributed by atoms with Crippen LogP contribution in [0.4, 0.5) is 5.69 Å². The molecule has 1 atom stereocenters. The minimum atomic E-state index is -3.49. The van der Waals surface area contributed by atoms with E-state index in [0.717, 1.165) is 11.8 Å². The Kier molecular flexibility index (Phi) is 6.47. The third kappa shape index (κ3) is 4.82. The first kappa shape index (κ1) is 21.8. The van der Waals surface area contributed by atoms with Crippen molar-refractivity contribution in [1.82, 2.24) is 0 Å². The summed E-state index contributed by atoms with van der Waals surface area (Å²) in [4.78, 5) is 12.6. The summed E-state index contributed by atoms with van der Waals surface area (Å²) >= 11 is 12.5. The van der Waals surface area contributed by atoms with Crippen molar-refractivity contribution in [1.29, 1.82) is 5.26 Å². The van der Waals surface area contributed by atoms with Crippen LogP contribution in [-0.4, -0.2) is 20.6 Å². The van der Waals surface area contributed by atoms with Crippen LogP contribution in [0.5, 0.6) is 0 Å². The molecule has 3 aromatic carbocycles. The van der Waals surface area contributed by atoms with Crippen molar-refractivity contribution < 1.29 is 13.2 Å². The summed E-state index contributed by atoms with van der Waals surface area (Å²) in [6.45, 7) is 0. The summed E-state index contributed by atoms with van der Waals surface area (Å²) in [5, 5.41) is 12.7. The van der Waals surface area contributed by atoms with Gasteiger partial charge >= 0.3 is 0 Å². The van der Waals surface area contributed by atoms with E-state index in [0.29, 0.717) is 16.3 Å². The van der Waals surface area contributed by atoms with Gasteiger partial charge in [-0.15, -0.1) is 0 Å². The van der Waals surface area contributed by atoms with Crippen molar-refractivity contribution >= 4 is 44.6 Å². The van der Waals surface area contributed by atoms with Gasteiger partial charge in [0.15, 0.2) is 9.84 Å². The van der Waals surface area contributed by atoms with Crippen LogP contribution in [-0.2, 0) is 9.84 Å². The second kappa shape index (κ2) is 8.88. The van der Waals surface area contributed by atoms with Gasteiger partial charge in [0.1, 0.15) is 0 Å². The lowest BCUT2D eigenvalue weighted by Gasteiger charge is -2.14. The average Bonchev–Trinajstić information content (AvgIpc) is 2.70. The van der Waals surface area contributed by atoms with Gasteiger partial charge in [-0.25, -0.2) is 8.42 Å². The zero-order valence-corrected chi connectivity index (χ0v) is 18.1. The molecule has 0 radical (unpaired) electrons. The van der Waals surface area contributed by atoms with Crippen molar-refractivity contribution in [3.8, 4) is 6.07 Å². The first-order valence-electron chi connectivity index (χ1n) is 8.75. The highest BCUT2D eigenvalue weighted by atomic mass is 35.5. The lowest BCUT2D eigenvalue weighted by Crippen LogP contribution is -2.13. The quantitative estimate of drug-likeness (QED) is 0.561. The van der Waals surface area contributed by atoms with E-state index >= 15 is 0 Å². The number of carbonyl (C=O) groups is 1. The van der Waals surface area contributed by atoms with Crippen LogP contribution in [0.25, 0.3) is 0 Å². The molecular weight excluding hydrogens is 443 g/mol. The molecule has 3 rings (SSSR count). The Morgan fingerprint density at radius 2 is 1.70 bits per heavy atom. The molecule has 0 spiro atoms. The summed E-state index contributed by atoms with van der Waals surface area (Å²) < 4.78 is 23.5. The van der Waals surface area contributed by atoms with Gasteiger partial charge in [-0.3, -0.25) is 4.79 Å². The molecule has 8 heteroatoms. The summed E-state index contributed by atoms with van der Waals surface area (Å²) in [6, 6.07) is 20.2. The number of benzene rings is 3. The monoisotopic (exact) mass is 458 g/mol. The molecular formula is C22H16Cl2N2O3S. The number of hydrogen-bond donors (Lipinski definition) is 1. The van der Waals surface area contributed by atoms with E-state index in [9.17, 15) is 18.5 Å². The maximum absolute atomic E-state index is 12.6. The highest BCUT2D eigenvalue weighted by Gasteiger charge is 2.19. The first-order chi connectivity index (χ1) is 14.2. The second-order valence-electron chi connectivity index (χ2n) is 6.58. The fourth-order valence-electron chi connectivity index (χ4n) is 2.92. The molecule has 0 aromatic heterocycles. The Morgan fingerprint density at radius 3 is 2.30 bits per heavy atom. The average molecular weight is 459 g/mol. The van der Waals surface area contributed by atoms with Crippen LogP contribution in [0.1, 0.15) is 27.4 Å². The fraction of sp³-hybridized carbons (Fsp3) is 0.0909. The molecule has 0 saturated heterocycles. The number of rotatable bonds is 5. The maximum atomic E-state index is 12.6. The highest BCUT2D eigenvalue weighted by molar-refractivity contribution is 7.90. The van der Waals surface area contributed by atoms with Crippen LogP contribution in [0.15, 0.2) is 71.6 Å². The third-order valence-corrected chi connectivity index (χ3v) is 6.21. The van der Waals surface area contributed by atoms with Crippen LogP contribution in [0.3, 0.4) is 0 Å². The van der Waals surface area contributed by atoms with Gasteiger partial charge in [0.2, 0.25) is 0 Å². The largest absolute Gasteiger partial charge is 0.322 e. The number of nitriles is 1. The Labute approximate surface area is 184 Å². The number of nitrogens with zero attached hydrogens (tertiary/aromatic N) is 1. The normalized spacial score (nSPS) is 12.1. The molecule has 0 aliphatic rings. The van der Waals surface area contributed by atoms with Crippen molar-refractivity contribution in [2.75, 3.05) is 11.6 Å². The highest BCUT2D eigenvalue weighted by Crippen LogP contribution is 2.32. The number of hydrogen-bond acceptors (Lipinski definition) is 4. The molecule has 1 N–H and O–H groups in total. The summed E-state index contributed by atoms with van der Waals surface area (Å²) in [5.41, 5.74) is 1.84. The summed E-state index contributed by atoms with van der Waals surface area (Å²) in [6.07, 6.45) is 1.05. The lowest BCUT2D eigenvalue weighted by atomic mass is 9.92. The van der Waals surface area contributed by atoms with Gasteiger partial charge in [-0.05, 0) is 41.5 Å². The molecule has 152 valence electrons. The van der Waals surface area contributed by atoms with Crippen LogP contribution < -0.4 is 5.32 Å². The van der Waals surface area contributed by atoms with Gasteiger partial charge in [0.25, 0.3) is 5.91 Å². The second-order valence-corrected chi connectivity index (χ2v) is 9.41. The van der Waals surface area contributed by atoms with Crippen molar-refractivity contribution in [3.05, 3.63) is 93.5 Å². The number of sulfone groups is 1. The van der Waals surface area contributed by atoms with Gasteiger partial charge in [-0.1, -0.05) is 59.6 Å². The van der Waals surface area contributed by atoms with Gasteiger partial charge in [0, 0.05) is 17.0 Å².